The lowest BCUT2D eigenvalue weighted by atomic mass is 10.0. The molecule has 0 amide bonds. The molecule has 0 saturated heterocycles. The first-order valence-corrected chi connectivity index (χ1v) is 8.70. The van der Waals surface area contributed by atoms with Crippen LogP contribution in [0.5, 0.6) is 0 Å². The Labute approximate surface area is 153 Å². The second-order valence-corrected chi connectivity index (χ2v) is 6.35. The maximum absolute atomic E-state index is 13.2. The molecule has 1 saturated carbocycles. The molecule has 3 rings (SSSR count). The van der Waals surface area contributed by atoms with E-state index in [1.54, 1.807) is 6.08 Å². The van der Waals surface area contributed by atoms with E-state index in [4.69, 9.17) is 0 Å². The molecule has 2 aromatic carbocycles. The molecule has 0 spiro atoms. The van der Waals surface area contributed by atoms with Gasteiger partial charge in [-0.2, -0.15) is 0 Å². The Balaban J connectivity index is 1.78. The molecular formula is C22H22FNO2. The van der Waals surface area contributed by atoms with Gasteiger partial charge in [0.05, 0.1) is 7.11 Å². The summed E-state index contributed by atoms with van der Waals surface area (Å²) in [4.78, 5) is 11.2. The van der Waals surface area contributed by atoms with Crippen LogP contribution in [0, 0.1) is 5.82 Å². The number of ether oxygens (including phenoxy) is 1. The quantitative estimate of drug-likeness (QED) is 0.459. The van der Waals surface area contributed by atoms with Crippen molar-refractivity contribution in [2.45, 2.75) is 18.9 Å². The molecule has 4 heteroatoms. The van der Waals surface area contributed by atoms with Gasteiger partial charge in [-0.3, -0.25) is 0 Å². The zero-order valence-corrected chi connectivity index (χ0v) is 14.7. The van der Waals surface area contributed by atoms with Gasteiger partial charge in [0.15, 0.2) is 0 Å². The van der Waals surface area contributed by atoms with Crippen molar-refractivity contribution < 1.29 is 13.9 Å². The fraction of sp³-hybridized carbons (Fsp3) is 0.227. The number of esters is 1. The van der Waals surface area contributed by atoms with Crippen molar-refractivity contribution in [2.75, 3.05) is 13.7 Å². The van der Waals surface area contributed by atoms with E-state index in [1.807, 2.05) is 36.4 Å². The average molecular weight is 351 g/mol. The van der Waals surface area contributed by atoms with Gasteiger partial charge in [-0.05, 0) is 59.4 Å². The molecule has 0 heterocycles. The number of hydrogen-bond acceptors (Lipinski definition) is 3. The Morgan fingerprint density at radius 2 is 1.77 bits per heavy atom. The highest BCUT2D eigenvalue weighted by atomic mass is 19.1. The zero-order valence-electron chi connectivity index (χ0n) is 14.7. The van der Waals surface area contributed by atoms with Crippen molar-refractivity contribution >= 4 is 23.7 Å². The molecule has 1 N–H and O–H groups in total. The summed E-state index contributed by atoms with van der Waals surface area (Å²) >= 11 is 0. The van der Waals surface area contributed by atoms with Crippen LogP contribution in [-0.2, 0) is 9.53 Å². The van der Waals surface area contributed by atoms with Crippen LogP contribution in [0.1, 0.15) is 29.5 Å². The van der Waals surface area contributed by atoms with Crippen LogP contribution in [0.4, 0.5) is 4.39 Å². The van der Waals surface area contributed by atoms with E-state index in [9.17, 15) is 9.18 Å². The molecule has 0 unspecified atom stereocenters. The number of hydrogen-bond donors (Lipinski definition) is 1. The van der Waals surface area contributed by atoms with Crippen molar-refractivity contribution in [1.82, 2.24) is 5.32 Å². The van der Waals surface area contributed by atoms with E-state index < -0.39 is 0 Å². The Bertz CT molecular complexity index is 803. The highest BCUT2D eigenvalue weighted by Gasteiger charge is 2.20. The SMILES string of the molecule is COC(=O)/C=C/c1ccc(/C=C(/CNC2CC2)c2ccc(F)cc2)cc1. The van der Waals surface area contributed by atoms with Crippen molar-refractivity contribution in [3.05, 3.63) is 77.1 Å². The number of methoxy groups -OCH3 is 1. The molecule has 1 aliphatic carbocycles. The topological polar surface area (TPSA) is 38.3 Å². The van der Waals surface area contributed by atoms with E-state index in [0.717, 1.165) is 28.8 Å². The maximum atomic E-state index is 13.2. The van der Waals surface area contributed by atoms with Crippen LogP contribution < -0.4 is 5.32 Å². The summed E-state index contributed by atoms with van der Waals surface area (Å²) in [6.45, 7) is 0.750. The molecule has 0 atom stereocenters. The maximum Gasteiger partial charge on any atom is 0.330 e. The fourth-order valence-electron chi connectivity index (χ4n) is 2.58. The number of nitrogens with one attached hydrogen (secondary N) is 1. The standard InChI is InChI=1S/C22H22FNO2/c1-26-22(25)13-6-16-2-4-17(5-3-16)14-19(15-24-21-11-12-21)18-7-9-20(23)10-8-18/h2-10,13-14,21,24H,11-12,15H2,1H3/b13-6+,19-14-. The van der Waals surface area contributed by atoms with E-state index >= 15 is 0 Å². The van der Waals surface area contributed by atoms with Gasteiger partial charge in [-0.15, -0.1) is 0 Å². The predicted molar refractivity (Wildman–Crippen MR) is 103 cm³/mol. The Morgan fingerprint density at radius 1 is 1.12 bits per heavy atom. The van der Waals surface area contributed by atoms with E-state index in [2.05, 4.69) is 16.1 Å². The first-order valence-electron chi connectivity index (χ1n) is 8.70. The lowest BCUT2D eigenvalue weighted by Crippen LogP contribution is -2.18. The molecule has 1 fully saturated rings. The summed E-state index contributed by atoms with van der Waals surface area (Å²) in [5.41, 5.74) is 4.10. The van der Waals surface area contributed by atoms with E-state index in [0.29, 0.717) is 6.04 Å². The Hall–Kier alpha value is -2.72. The second-order valence-electron chi connectivity index (χ2n) is 6.35. The summed E-state index contributed by atoms with van der Waals surface area (Å²) in [5.74, 6) is -0.608. The number of carbonyl (C=O) groups excluding carboxylic acids is 1. The number of carbonyl (C=O) groups is 1. The molecule has 26 heavy (non-hydrogen) atoms. The fourth-order valence-corrected chi connectivity index (χ4v) is 2.58. The van der Waals surface area contributed by atoms with Gasteiger partial charge in [-0.1, -0.05) is 36.4 Å². The molecule has 2 aromatic rings. The van der Waals surface area contributed by atoms with Crippen LogP contribution in [0.15, 0.2) is 54.6 Å². The molecular weight excluding hydrogens is 329 g/mol. The average Bonchev–Trinajstić information content (AvgIpc) is 3.49. The molecule has 3 nitrogen and oxygen atoms in total. The van der Waals surface area contributed by atoms with Gasteiger partial charge < -0.3 is 10.1 Å². The van der Waals surface area contributed by atoms with Crippen molar-refractivity contribution in [3.8, 4) is 0 Å². The van der Waals surface area contributed by atoms with Gasteiger partial charge >= 0.3 is 5.97 Å². The smallest absolute Gasteiger partial charge is 0.330 e. The van der Waals surface area contributed by atoms with Gasteiger partial charge in [0.1, 0.15) is 5.82 Å². The summed E-state index contributed by atoms with van der Waals surface area (Å²) < 4.78 is 17.8. The van der Waals surface area contributed by atoms with Gasteiger partial charge in [0, 0.05) is 18.7 Å². The van der Waals surface area contributed by atoms with Crippen LogP contribution >= 0.6 is 0 Å². The van der Waals surface area contributed by atoms with Crippen molar-refractivity contribution in [1.29, 1.82) is 0 Å². The zero-order chi connectivity index (χ0) is 18.4. The largest absolute Gasteiger partial charge is 0.466 e. The second kappa shape index (κ2) is 8.59. The van der Waals surface area contributed by atoms with E-state index in [-0.39, 0.29) is 11.8 Å². The third-order valence-electron chi connectivity index (χ3n) is 4.26. The Kier molecular flexibility index (Phi) is 5.97. The summed E-state index contributed by atoms with van der Waals surface area (Å²) in [5, 5.41) is 3.52. The molecule has 1 aliphatic rings. The highest BCUT2D eigenvalue weighted by molar-refractivity contribution is 5.87. The molecule has 0 radical (unpaired) electrons. The van der Waals surface area contributed by atoms with Crippen molar-refractivity contribution in [2.24, 2.45) is 0 Å². The van der Waals surface area contributed by atoms with Gasteiger partial charge in [-0.25, -0.2) is 9.18 Å². The predicted octanol–water partition coefficient (Wildman–Crippen LogP) is 4.30. The first-order chi connectivity index (χ1) is 12.6. The first kappa shape index (κ1) is 18.1. The van der Waals surface area contributed by atoms with Crippen LogP contribution in [-0.4, -0.2) is 25.7 Å². The minimum absolute atomic E-state index is 0.231. The minimum Gasteiger partial charge on any atom is -0.466 e. The summed E-state index contributed by atoms with van der Waals surface area (Å²) in [6, 6.07) is 15.1. The van der Waals surface area contributed by atoms with Crippen LogP contribution in [0.3, 0.4) is 0 Å². The van der Waals surface area contributed by atoms with Gasteiger partial charge in [0.25, 0.3) is 0 Å². The molecule has 134 valence electrons. The minimum atomic E-state index is -0.376. The normalized spacial score (nSPS) is 14.6. The summed E-state index contributed by atoms with van der Waals surface area (Å²) in [6.07, 6.45) is 7.66. The third-order valence-corrected chi connectivity index (χ3v) is 4.26. The lowest BCUT2D eigenvalue weighted by Gasteiger charge is -2.10. The van der Waals surface area contributed by atoms with Crippen LogP contribution in [0.2, 0.25) is 0 Å². The number of halogens is 1. The van der Waals surface area contributed by atoms with Gasteiger partial charge in [0.2, 0.25) is 0 Å². The lowest BCUT2D eigenvalue weighted by molar-refractivity contribution is -0.134. The monoisotopic (exact) mass is 351 g/mol. The molecule has 0 bridgehead atoms. The van der Waals surface area contributed by atoms with Crippen LogP contribution in [0.25, 0.3) is 17.7 Å². The molecule has 0 aliphatic heterocycles. The van der Waals surface area contributed by atoms with Crippen molar-refractivity contribution in [3.63, 3.8) is 0 Å². The molecule has 0 aromatic heterocycles. The highest BCUT2D eigenvalue weighted by Crippen LogP contribution is 2.23. The van der Waals surface area contributed by atoms with E-state index in [1.165, 1.54) is 38.2 Å². The number of benzene rings is 2. The third kappa shape index (κ3) is 5.39. The Morgan fingerprint density at radius 3 is 2.38 bits per heavy atom. The summed E-state index contributed by atoms with van der Waals surface area (Å²) in [7, 11) is 1.35. The number of rotatable bonds is 7.